The minimum absolute atomic E-state index is 0.0758. The number of hydrogen-bond acceptors (Lipinski definition) is 5. The number of hydrogen-bond donors (Lipinski definition) is 1. The van der Waals surface area contributed by atoms with Crippen molar-refractivity contribution in [2.24, 2.45) is 5.41 Å². The van der Waals surface area contributed by atoms with E-state index in [0.717, 1.165) is 12.2 Å². The van der Waals surface area contributed by atoms with Crippen molar-refractivity contribution in [3.8, 4) is 5.75 Å². The average Bonchev–Trinajstić information content (AvgIpc) is 2.81. The molecule has 8 heteroatoms. The zero-order chi connectivity index (χ0) is 23.9. The van der Waals surface area contributed by atoms with Crippen LogP contribution in [0.4, 0.5) is 5.69 Å². The Hall–Kier alpha value is -2.42. The Morgan fingerprint density at radius 3 is 2.27 bits per heavy atom. The summed E-state index contributed by atoms with van der Waals surface area (Å²) in [6.07, 6.45) is 2.37. The quantitative estimate of drug-likeness (QED) is 0.519. The Balaban J connectivity index is 1.72. The van der Waals surface area contributed by atoms with E-state index in [-0.39, 0.29) is 16.9 Å². The predicted octanol–water partition coefficient (Wildman–Crippen LogP) is 4.31. The van der Waals surface area contributed by atoms with Gasteiger partial charge < -0.3 is 14.8 Å². The molecular formula is C25H34N2O5S. The number of carbonyl (C=O) groups excluding carboxylic acids is 1. The molecule has 0 aliphatic carbocycles. The van der Waals surface area contributed by atoms with E-state index < -0.39 is 15.4 Å². The van der Waals surface area contributed by atoms with Crippen LogP contribution in [0.2, 0.25) is 0 Å². The zero-order valence-corrected chi connectivity index (χ0v) is 20.4. The molecule has 1 fully saturated rings. The number of benzene rings is 2. The molecule has 0 atom stereocenters. The first kappa shape index (κ1) is 25.2. The van der Waals surface area contributed by atoms with Gasteiger partial charge in [0.05, 0.1) is 16.4 Å². The van der Waals surface area contributed by atoms with Crippen molar-refractivity contribution in [3.63, 3.8) is 0 Å². The molecule has 180 valence electrons. The Morgan fingerprint density at radius 1 is 1.06 bits per heavy atom. The van der Waals surface area contributed by atoms with Gasteiger partial charge in [0.25, 0.3) is 0 Å². The van der Waals surface area contributed by atoms with Gasteiger partial charge in [0.15, 0.2) is 0 Å². The standard InChI is InChI=1S/C25H34N2O5S/c1-20(2)32-22-12-10-21(11-13-22)26-24(28)25(14-7-19-31-3)15-17-27(18-16-25)33(29,30)23-8-5-4-6-9-23/h4-6,8-13,20H,7,14-19H2,1-3H3,(H,26,28). The molecule has 3 rings (SSSR count). The third-order valence-electron chi connectivity index (χ3n) is 6.03. The fraction of sp³-hybridized carbons (Fsp3) is 0.480. The first-order chi connectivity index (χ1) is 15.8. The molecule has 0 bridgehead atoms. The van der Waals surface area contributed by atoms with E-state index >= 15 is 0 Å². The molecule has 0 unspecified atom stereocenters. The lowest BCUT2D eigenvalue weighted by molar-refractivity contribution is -0.128. The van der Waals surface area contributed by atoms with Crippen molar-refractivity contribution in [2.45, 2.75) is 50.5 Å². The summed E-state index contributed by atoms with van der Waals surface area (Å²) in [6, 6.07) is 15.8. The number of carbonyl (C=O) groups is 1. The zero-order valence-electron chi connectivity index (χ0n) is 19.6. The maximum atomic E-state index is 13.4. The normalized spacial score (nSPS) is 16.5. The monoisotopic (exact) mass is 474 g/mol. The van der Waals surface area contributed by atoms with Gasteiger partial charge in [0, 0.05) is 32.5 Å². The highest BCUT2D eigenvalue weighted by atomic mass is 32.2. The topological polar surface area (TPSA) is 84.9 Å². The van der Waals surface area contributed by atoms with Crippen LogP contribution in [0.25, 0.3) is 0 Å². The van der Waals surface area contributed by atoms with Crippen LogP contribution in [0.1, 0.15) is 39.5 Å². The SMILES string of the molecule is COCCCC1(C(=O)Nc2ccc(OC(C)C)cc2)CCN(S(=O)(=O)c2ccccc2)CC1. The van der Waals surface area contributed by atoms with Crippen LogP contribution >= 0.6 is 0 Å². The lowest BCUT2D eigenvalue weighted by atomic mass is 9.74. The lowest BCUT2D eigenvalue weighted by Crippen LogP contribution is -2.48. The molecule has 2 aromatic rings. The van der Waals surface area contributed by atoms with Gasteiger partial charge in [0.1, 0.15) is 5.75 Å². The molecule has 0 radical (unpaired) electrons. The van der Waals surface area contributed by atoms with Crippen LogP contribution in [0.5, 0.6) is 5.75 Å². The summed E-state index contributed by atoms with van der Waals surface area (Å²) in [4.78, 5) is 13.7. The Morgan fingerprint density at radius 2 is 1.70 bits per heavy atom. The first-order valence-corrected chi connectivity index (χ1v) is 12.8. The minimum Gasteiger partial charge on any atom is -0.491 e. The van der Waals surface area contributed by atoms with Gasteiger partial charge in [0.2, 0.25) is 15.9 Å². The fourth-order valence-electron chi connectivity index (χ4n) is 4.19. The van der Waals surface area contributed by atoms with E-state index in [1.165, 1.54) is 4.31 Å². The number of methoxy groups -OCH3 is 1. The van der Waals surface area contributed by atoms with E-state index in [1.807, 2.05) is 38.1 Å². The van der Waals surface area contributed by atoms with Crippen molar-refractivity contribution < 1.29 is 22.7 Å². The van der Waals surface area contributed by atoms with Crippen LogP contribution in [-0.2, 0) is 19.6 Å². The molecule has 1 amide bonds. The van der Waals surface area contributed by atoms with Crippen LogP contribution in [0, 0.1) is 5.41 Å². The van der Waals surface area contributed by atoms with Gasteiger partial charge in [-0.25, -0.2) is 8.42 Å². The summed E-state index contributed by atoms with van der Waals surface area (Å²) in [5.41, 5.74) is 0.0514. The largest absolute Gasteiger partial charge is 0.491 e. The third-order valence-corrected chi connectivity index (χ3v) is 7.94. The van der Waals surface area contributed by atoms with Gasteiger partial charge in [-0.3, -0.25) is 4.79 Å². The molecule has 0 spiro atoms. The number of nitrogens with one attached hydrogen (secondary N) is 1. The van der Waals surface area contributed by atoms with E-state index in [9.17, 15) is 13.2 Å². The second-order valence-electron chi connectivity index (χ2n) is 8.74. The Bertz CT molecular complexity index is 999. The molecule has 1 heterocycles. The van der Waals surface area contributed by atoms with Crippen LogP contribution in [0.3, 0.4) is 0 Å². The number of ether oxygens (including phenoxy) is 2. The van der Waals surface area contributed by atoms with Crippen LogP contribution < -0.4 is 10.1 Å². The van der Waals surface area contributed by atoms with E-state index in [1.54, 1.807) is 37.4 Å². The van der Waals surface area contributed by atoms with Crippen molar-refractivity contribution in [1.29, 1.82) is 0 Å². The summed E-state index contributed by atoms with van der Waals surface area (Å²) >= 11 is 0. The molecule has 33 heavy (non-hydrogen) atoms. The van der Waals surface area contributed by atoms with Crippen LogP contribution in [-0.4, -0.2) is 51.5 Å². The second-order valence-corrected chi connectivity index (χ2v) is 10.7. The molecule has 7 nitrogen and oxygen atoms in total. The number of amides is 1. The van der Waals surface area contributed by atoms with Crippen molar-refractivity contribution in [2.75, 3.05) is 32.1 Å². The van der Waals surface area contributed by atoms with Crippen molar-refractivity contribution >= 4 is 21.6 Å². The summed E-state index contributed by atoms with van der Waals surface area (Å²) in [5, 5.41) is 3.04. The summed E-state index contributed by atoms with van der Waals surface area (Å²) < 4.78 is 38.4. The molecule has 1 saturated heterocycles. The molecular weight excluding hydrogens is 440 g/mol. The third kappa shape index (κ3) is 6.34. The van der Waals surface area contributed by atoms with Gasteiger partial charge in [-0.2, -0.15) is 4.31 Å². The van der Waals surface area contributed by atoms with E-state index in [0.29, 0.717) is 44.6 Å². The maximum Gasteiger partial charge on any atom is 0.243 e. The van der Waals surface area contributed by atoms with Gasteiger partial charge in [-0.15, -0.1) is 0 Å². The van der Waals surface area contributed by atoms with Crippen LogP contribution in [0.15, 0.2) is 59.5 Å². The highest BCUT2D eigenvalue weighted by Gasteiger charge is 2.43. The Labute approximate surface area is 197 Å². The first-order valence-electron chi connectivity index (χ1n) is 11.4. The molecule has 1 N–H and O–H groups in total. The number of rotatable bonds is 10. The van der Waals surface area contributed by atoms with E-state index in [2.05, 4.69) is 5.32 Å². The van der Waals surface area contributed by atoms with Gasteiger partial charge in [-0.05, 0) is 75.9 Å². The highest BCUT2D eigenvalue weighted by Crippen LogP contribution is 2.39. The molecule has 0 saturated carbocycles. The maximum absolute atomic E-state index is 13.4. The fourth-order valence-corrected chi connectivity index (χ4v) is 5.66. The molecule has 1 aliphatic rings. The summed E-state index contributed by atoms with van der Waals surface area (Å²) in [7, 11) is -1.93. The average molecular weight is 475 g/mol. The number of piperidine rings is 1. The smallest absolute Gasteiger partial charge is 0.243 e. The highest BCUT2D eigenvalue weighted by molar-refractivity contribution is 7.89. The summed E-state index contributed by atoms with van der Waals surface area (Å²) in [6.45, 7) is 5.09. The summed E-state index contributed by atoms with van der Waals surface area (Å²) in [5.74, 6) is 0.671. The minimum atomic E-state index is -3.57. The van der Waals surface area contributed by atoms with Gasteiger partial charge >= 0.3 is 0 Å². The molecule has 0 aromatic heterocycles. The van der Waals surface area contributed by atoms with Crippen molar-refractivity contribution in [3.05, 3.63) is 54.6 Å². The lowest BCUT2D eigenvalue weighted by Gasteiger charge is -2.40. The number of anilines is 1. The second kappa shape index (κ2) is 11.1. The predicted molar refractivity (Wildman–Crippen MR) is 129 cm³/mol. The molecule has 2 aromatic carbocycles. The Kier molecular flexibility index (Phi) is 8.51. The van der Waals surface area contributed by atoms with E-state index in [4.69, 9.17) is 9.47 Å². The number of nitrogens with zero attached hydrogens (tertiary/aromatic N) is 1. The van der Waals surface area contributed by atoms with Crippen molar-refractivity contribution in [1.82, 2.24) is 4.31 Å². The molecule has 1 aliphatic heterocycles. The number of sulfonamides is 1. The van der Waals surface area contributed by atoms with Gasteiger partial charge in [-0.1, -0.05) is 18.2 Å².